The van der Waals surface area contributed by atoms with Crippen molar-refractivity contribution in [2.24, 2.45) is 0 Å². The second-order valence-corrected chi connectivity index (χ2v) is 9.02. The first-order valence-corrected chi connectivity index (χ1v) is 12.0. The molecule has 0 aromatic heterocycles. The second-order valence-electron chi connectivity index (χ2n) is 7.59. The van der Waals surface area contributed by atoms with Gasteiger partial charge < -0.3 is 9.04 Å². The van der Waals surface area contributed by atoms with E-state index in [1.807, 2.05) is 0 Å². The van der Waals surface area contributed by atoms with Crippen molar-refractivity contribution in [1.82, 2.24) is 0 Å². The molecular weight excluding hydrogens is 474 g/mol. The molecule has 0 saturated carbocycles. The molecule has 0 saturated heterocycles. The smallest absolute Gasteiger partial charge is 0.402 e. The molecule has 0 amide bonds. The molecule has 0 aromatic rings. The molecule has 0 N–H and O–H groups in total. The molecule has 0 rings (SSSR count). The summed E-state index contributed by atoms with van der Waals surface area (Å²) in [6.07, 6.45) is -0.938. The maximum atomic E-state index is 13.3. The van der Waals surface area contributed by atoms with E-state index in [1.54, 1.807) is 6.92 Å². The van der Waals surface area contributed by atoms with Crippen molar-refractivity contribution in [2.75, 3.05) is 26.2 Å². The first-order valence-electron chi connectivity index (χ1n) is 10.6. The zero-order valence-electron chi connectivity index (χ0n) is 19.2. The van der Waals surface area contributed by atoms with Crippen LogP contribution >= 0.6 is 0 Å². The van der Waals surface area contributed by atoms with Crippen LogP contribution in [0.4, 0.5) is 35.1 Å². The molecule has 0 aliphatic carbocycles. The lowest BCUT2D eigenvalue weighted by atomic mass is 9.98. The van der Waals surface area contributed by atoms with Crippen LogP contribution in [-0.2, 0) is 10.1 Å². The summed E-state index contributed by atoms with van der Waals surface area (Å²) < 4.78 is 136. The Hall–Kier alpha value is -0.690. The number of hydrogen-bond acceptors (Lipinski definition) is 3. The van der Waals surface area contributed by atoms with E-state index >= 15 is 0 Å². The van der Waals surface area contributed by atoms with Crippen LogP contribution in [0.25, 0.3) is 0 Å². The Balaban J connectivity index is 0. The predicted octanol–water partition coefficient (Wildman–Crippen LogP) is 6.27. The summed E-state index contributed by atoms with van der Waals surface area (Å²) in [6.45, 7) is 16.0. The van der Waals surface area contributed by atoms with Crippen LogP contribution in [0.1, 0.15) is 73.1 Å². The number of alkyl halides is 8. The maximum Gasteiger partial charge on any atom is 0.402 e. The van der Waals surface area contributed by atoms with Gasteiger partial charge in [0.15, 0.2) is 10.1 Å². The van der Waals surface area contributed by atoms with Crippen molar-refractivity contribution >= 4 is 10.1 Å². The number of hydrogen-bond donors (Lipinski definition) is 0. The minimum absolute atomic E-state index is 0.0265. The molecule has 32 heavy (non-hydrogen) atoms. The minimum atomic E-state index is -7.28. The Bertz CT molecular complexity index is 621. The normalized spacial score (nSPS) is 14.2. The fraction of sp³-hybridized carbons (Fsp3) is 1.00. The molecule has 0 radical (unpaired) electrons. The van der Waals surface area contributed by atoms with Crippen molar-refractivity contribution in [3.05, 3.63) is 0 Å². The number of nitrogens with zero attached hydrogens (tertiary/aromatic N) is 1. The van der Waals surface area contributed by atoms with Gasteiger partial charge in [0, 0.05) is 6.42 Å². The lowest BCUT2D eigenvalue weighted by Gasteiger charge is -2.37. The van der Waals surface area contributed by atoms with Crippen LogP contribution < -0.4 is 0 Å². The third-order valence-electron chi connectivity index (χ3n) is 5.81. The van der Waals surface area contributed by atoms with Crippen molar-refractivity contribution in [1.29, 1.82) is 0 Å². The zero-order valence-corrected chi connectivity index (χ0v) is 20.0. The van der Waals surface area contributed by atoms with Gasteiger partial charge in [-0.25, -0.2) is 8.42 Å². The van der Waals surface area contributed by atoms with Crippen LogP contribution in [0.3, 0.4) is 0 Å². The van der Waals surface area contributed by atoms with E-state index in [9.17, 15) is 48.1 Å². The van der Waals surface area contributed by atoms with Crippen LogP contribution in [0, 0.1) is 0 Å². The molecule has 0 heterocycles. The standard InChI is InChI=1S/C11H16F8O3S.C8H20N/c1-2-3-4-5-6-7-8(12,13)9(14,15)10(16,17)11(18,19)23(20,21)22;1-5-9(6-2,7-3)8-4/h2-7H2,1H3,(H,20,21,22);5-8H2,1-4H3/q;+1/p-1. The molecule has 0 aromatic carbocycles. The van der Waals surface area contributed by atoms with E-state index in [4.69, 9.17) is 0 Å². The van der Waals surface area contributed by atoms with Gasteiger partial charge in [-0.05, 0) is 34.1 Å². The zero-order chi connectivity index (χ0) is 26.1. The first-order chi connectivity index (χ1) is 14.3. The summed E-state index contributed by atoms with van der Waals surface area (Å²) in [4.78, 5) is 0. The van der Waals surface area contributed by atoms with Gasteiger partial charge in [0.05, 0.1) is 26.2 Å². The Morgan fingerprint density at radius 3 is 1.31 bits per heavy atom. The summed E-state index contributed by atoms with van der Waals surface area (Å²) in [5.41, 5.74) is 0. The van der Waals surface area contributed by atoms with Gasteiger partial charge in [0.25, 0.3) is 0 Å². The lowest BCUT2D eigenvalue weighted by molar-refractivity contribution is -0.921. The Morgan fingerprint density at radius 2 is 1.03 bits per heavy atom. The molecule has 13 heteroatoms. The van der Waals surface area contributed by atoms with E-state index in [0.717, 1.165) is 0 Å². The highest BCUT2D eigenvalue weighted by Crippen LogP contribution is 2.55. The highest BCUT2D eigenvalue weighted by Gasteiger charge is 2.82. The largest absolute Gasteiger partial charge is 0.743 e. The summed E-state index contributed by atoms with van der Waals surface area (Å²) in [7, 11) is -7.28. The molecule has 0 bridgehead atoms. The van der Waals surface area contributed by atoms with Gasteiger partial charge in [0.2, 0.25) is 0 Å². The molecule has 0 unspecified atom stereocenters. The topological polar surface area (TPSA) is 57.2 Å². The van der Waals surface area contributed by atoms with Crippen molar-refractivity contribution in [3.8, 4) is 0 Å². The van der Waals surface area contributed by atoms with Gasteiger partial charge in [-0.2, -0.15) is 35.1 Å². The molecule has 0 fully saturated rings. The third kappa shape index (κ3) is 7.68. The molecule has 0 aliphatic heterocycles. The summed E-state index contributed by atoms with van der Waals surface area (Å²) in [5.74, 6) is -19.4. The second kappa shape index (κ2) is 12.7. The highest BCUT2D eigenvalue weighted by molar-refractivity contribution is 7.86. The summed E-state index contributed by atoms with van der Waals surface area (Å²) >= 11 is 0. The maximum absolute atomic E-state index is 13.3. The van der Waals surface area contributed by atoms with Crippen LogP contribution in [0.5, 0.6) is 0 Å². The van der Waals surface area contributed by atoms with E-state index in [1.165, 1.54) is 30.7 Å². The van der Waals surface area contributed by atoms with Crippen molar-refractivity contribution in [3.63, 3.8) is 0 Å². The average molecular weight is 510 g/mol. The first kappa shape index (κ1) is 33.5. The van der Waals surface area contributed by atoms with Crippen LogP contribution in [-0.4, -0.2) is 66.7 Å². The van der Waals surface area contributed by atoms with Gasteiger partial charge in [0.1, 0.15) is 0 Å². The van der Waals surface area contributed by atoms with E-state index in [2.05, 4.69) is 27.7 Å². The molecule has 0 spiro atoms. The Morgan fingerprint density at radius 1 is 0.656 bits per heavy atom. The fourth-order valence-corrected chi connectivity index (χ4v) is 3.46. The Kier molecular flexibility index (Phi) is 13.3. The predicted molar refractivity (Wildman–Crippen MR) is 105 cm³/mol. The number of halogens is 8. The van der Waals surface area contributed by atoms with Gasteiger partial charge in [-0.1, -0.05) is 32.6 Å². The average Bonchev–Trinajstić information content (AvgIpc) is 2.69. The lowest BCUT2D eigenvalue weighted by Crippen LogP contribution is -2.64. The monoisotopic (exact) mass is 509 g/mol. The van der Waals surface area contributed by atoms with Gasteiger partial charge in [-0.3, -0.25) is 0 Å². The van der Waals surface area contributed by atoms with Crippen molar-refractivity contribution < 1.29 is 52.6 Å². The Labute approximate surface area is 185 Å². The van der Waals surface area contributed by atoms with Gasteiger partial charge >= 0.3 is 23.0 Å². The molecule has 0 atom stereocenters. The SMILES string of the molecule is CCCCCCCC(F)(F)C(F)(F)C(F)(F)C(F)(F)S(=O)(=O)[O-].CC[N+](CC)(CC)CC. The molecule has 196 valence electrons. The molecule has 4 nitrogen and oxygen atoms in total. The summed E-state index contributed by atoms with van der Waals surface area (Å²) in [5, 5.41) is -6.88. The van der Waals surface area contributed by atoms with E-state index in [-0.39, 0.29) is 6.42 Å². The molecule has 0 aliphatic rings. The fourth-order valence-electron chi connectivity index (χ4n) is 3.02. The van der Waals surface area contributed by atoms with E-state index in [0.29, 0.717) is 19.3 Å². The van der Waals surface area contributed by atoms with Crippen LogP contribution in [0.15, 0.2) is 0 Å². The minimum Gasteiger partial charge on any atom is -0.743 e. The third-order valence-corrected chi connectivity index (χ3v) is 6.70. The highest BCUT2D eigenvalue weighted by atomic mass is 32.2. The molecular formula is C19H35F8NO3S. The number of quaternary nitrogens is 1. The number of unbranched alkanes of at least 4 members (excludes halogenated alkanes) is 4. The van der Waals surface area contributed by atoms with E-state index < -0.39 is 46.0 Å². The van der Waals surface area contributed by atoms with Crippen molar-refractivity contribution in [2.45, 2.75) is 96.2 Å². The van der Waals surface area contributed by atoms with Crippen LogP contribution in [0.2, 0.25) is 0 Å². The van der Waals surface area contributed by atoms with Gasteiger partial charge in [-0.15, -0.1) is 0 Å². The summed E-state index contributed by atoms with van der Waals surface area (Å²) in [6, 6.07) is 0. The number of rotatable bonds is 14. The quantitative estimate of drug-likeness (QED) is 0.120.